The van der Waals surface area contributed by atoms with Gasteiger partial charge in [0.05, 0.1) is 0 Å². The van der Waals surface area contributed by atoms with E-state index in [4.69, 9.17) is 5.73 Å². The first-order valence-electron chi connectivity index (χ1n) is 3.96. The Labute approximate surface area is 79.5 Å². The Bertz CT molecular complexity index is 450. The molecule has 0 bridgehead atoms. The molecule has 1 heterocycles. The number of hydrogen-bond donors (Lipinski definition) is 1. The van der Waals surface area contributed by atoms with Crippen LogP contribution in [0.15, 0.2) is 34.9 Å². The van der Waals surface area contributed by atoms with E-state index in [1.165, 1.54) is 0 Å². The molecule has 0 saturated carbocycles. The van der Waals surface area contributed by atoms with Crippen LogP contribution in [0.2, 0.25) is 0 Å². The Morgan fingerprint density at radius 3 is 2.57 bits per heavy atom. The lowest BCUT2D eigenvalue weighted by atomic mass is 10.1. The molecule has 0 aliphatic rings. The van der Waals surface area contributed by atoms with E-state index < -0.39 is 0 Å². The first kappa shape index (κ1) is 8.43. The number of benzene rings is 1. The zero-order valence-electron chi connectivity index (χ0n) is 7.18. The minimum atomic E-state index is -0.300. The van der Waals surface area contributed by atoms with Gasteiger partial charge in [0.15, 0.2) is 0 Å². The van der Waals surface area contributed by atoms with Gasteiger partial charge < -0.3 is 10.3 Å². The summed E-state index contributed by atoms with van der Waals surface area (Å²) in [5.74, 6) is -0.320. The van der Waals surface area contributed by atoms with Crippen LogP contribution < -0.4 is 5.73 Å². The highest BCUT2D eigenvalue weighted by Crippen LogP contribution is 2.06. The second-order valence-electron chi connectivity index (χ2n) is 2.65. The summed E-state index contributed by atoms with van der Waals surface area (Å²) in [5, 5.41) is 3.43. The Kier molecular flexibility index (Phi) is 1.98. The van der Waals surface area contributed by atoms with Crippen LogP contribution in [0.3, 0.4) is 0 Å². The third-order valence-electron chi connectivity index (χ3n) is 1.68. The van der Waals surface area contributed by atoms with Gasteiger partial charge in [-0.1, -0.05) is 35.5 Å². The molecule has 14 heavy (non-hydrogen) atoms. The highest BCUT2D eigenvalue weighted by atomic mass is 16.5. The fourth-order valence-electron chi connectivity index (χ4n) is 1.05. The van der Waals surface area contributed by atoms with Gasteiger partial charge in [0.25, 0.3) is 0 Å². The zero-order chi connectivity index (χ0) is 9.97. The van der Waals surface area contributed by atoms with Crippen molar-refractivity contribution in [2.75, 3.05) is 5.73 Å². The van der Waals surface area contributed by atoms with Crippen molar-refractivity contribution >= 4 is 11.8 Å². The number of anilines is 1. The molecule has 0 saturated heterocycles. The standard InChI is InChI=1S/C9H7N3O2/c10-9-11-8(12-14-9)7(13)6-4-2-1-3-5-6/h1-5H,(H2,10,11,12). The smallest absolute Gasteiger partial charge is 0.319 e. The number of carbonyl (C=O) groups is 1. The number of rotatable bonds is 2. The van der Waals surface area contributed by atoms with Crippen LogP contribution in [0.25, 0.3) is 0 Å². The zero-order valence-corrected chi connectivity index (χ0v) is 7.18. The highest BCUT2D eigenvalue weighted by Gasteiger charge is 2.14. The molecular formula is C9H7N3O2. The molecule has 1 aromatic carbocycles. The van der Waals surface area contributed by atoms with E-state index in [1.807, 2.05) is 6.07 Å². The topological polar surface area (TPSA) is 82.0 Å². The van der Waals surface area contributed by atoms with Crippen molar-refractivity contribution < 1.29 is 9.32 Å². The van der Waals surface area contributed by atoms with Crippen molar-refractivity contribution in [3.63, 3.8) is 0 Å². The molecule has 0 amide bonds. The number of carbonyl (C=O) groups excluding carboxylic acids is 1. The fraction of sp³-hybridized carbons (Fsp3) is 0. The first-order valence-corrected chi connectivity index (χ1v) is 3.96. The molecule has 2 aromatic rings. The molecule has 0 aliphatic carbocycles. The fourth-order valence-corrected chi connectivity index (χ4v) is 1.05. The maximum Gasteiger partial charge on any atom is 0.319 e. The molecule has 2 N–H and O–H groups in total. The van der Waals surface area contributed by atoms with Gasteiger partial charge in [0, 0.05) is 5.56 Å². The molecule has 0 fully saturated rings. The Balaban J connectivity index is 2.34. The monoisotopic (exact) mass is 189 g/mol. The second kappa shape index (κ2) is 3.29. The number of hydrogen-bond acceptors (Lipinski definition) is 5. The van der Waals surface area contributed by atoms with Crippen molar-refractivity contribution in [2.45, 2.75) is 0 Å². The van der Waals surface area contributed by atoms with Gasteiger partial charge in [-0.2, -0.15) is 4.98 Å². The van der Waals surface area contributed by atoms with Crippen LogP contribution in [0.1, 0.15) is 16.2 Å². The van der Waals surface area contributed by atoms with E-state index in [1.54, 1.807) is 24.3 Å². The van der Waals surface area contributed by atoms with Crippen LogP contribution in [0.4, 0.5) is 6.01 Å². The maximum atomic E-state index is 11.6. The summed E-state index contributed by atoms with van der Waals surface area (Å²) in [5.41, 5.74) is 5.71. The summed E-state index contributed by atoms with van der Waals surface area (Å²) >= 11 is 0. The lowest BCUT2D eigenvalue weighted by Crippen LogP contribution is -2.03. The average molecular weight is 189 g/mol. The molecule has 70 valence electrons. The third-order valence-corrected chi connectivity index (χ3v) is 1.68. The maximum absolute atomic E-state index is 11.6. The molecule has 5 nitrogen and oxygen atoms in total. The quantitative estimate of drug-likeness (QED) is 0.709. The molecule has 0 radical (unpaired) electrons. The van der Waals surface area contributed by atoms with Crippen molar-refractivity contribution in [3.05, 3.63) is 41.7 Å². The van der Waals surface area contributed by atoms with Gasteiger partial charge in [-0.25, -0.2) is 0 Å². The van der Waals surface area contributed by atoms with Gasteiger partial charge in [0.2, 0.25) is 11.6 Å². The minimum Gasteiger partial charge on any atom is -0.351 e. The molecule has 1 aromatic heterocycles. The molecule has 0 aliphatic heterocycles. The number of nitrogen functional groups attached to an aromatic ring is 1. The summed E-state index contributed by atoms with van der Waals surface area (Å²) in [7, 11) is 0. The van der Waals surface area contributed by atoms with E-state index in [0.717, 1.165) is 0 Å². The van der Waals surface area contributed by atoms with Gasteiger partial charge in [-0.05, 0) is 0 Å². The number of ketones is 1. The number of aromatic nitrogens is 2. The third kappa shape index (κ3) is 1.47. The summed E-state index contributed by atoms with van der Waals surface area (Å²) in [4.78, 5) is 15.3. The van der Waals surface area contributed by atoms with Gasteiger partial charge in [-0.3, -0.25) is 4.79 Å². The molecule has 5 heteroatoms. The Morgan fingerprint density at radius 2 is 2.00 bits per heavy atom. The van der Waals surface area contributed by atoms with Gasteiger partial charge >= 0.3 is 6.01 Å². The van der Waals surface area contributed by atoms with Crippen molar-refractivity contribution in [3.8, 4) is 0 Å². The first-order chi connectivity index (χ1) is 6.77. The van der Waals surface area contributed by atoms with E-state index >= 15 is 0 Å². The minimum absolute atomic E-state index is 0.0197. The van der Waals surface area contributed by atoms with Crippen molar-refractivity contribution in [2.24, 2.45) is 0 Å². The van der Waals surface area contributed by atoms with Crippen LogP contribution in [-0.4, -0.2) is 15.9 Å². The molecular weight excluding hydrogens is 182 g/mol. The van der Waals surface area contributed by atoms with Crippen LogP contribution >= 0.6 is 0 Å². The molecule has 0 unspecified atom stereocenters. The second-order valence-corrected chi connectivity index (χ2v) is 2.65. The summed E-state index contributed by atoms with van der Waals surface area (Å²) < 4.78 is 4.50. The lowest BCUT2D eigenvalue weighted by molar-refractivity contribution is 0.102. The predicted octanol–water partition coefficient (Wildman–Crippen LogP) is 0.883. The lowest BCUT2D eigenvalue weighted by Gasteiger charge is -1.92. The van der Waals surface area contributed by atoms with Crippen molar-refractivity contribution in [1.29, 1.82) is 0 Å². The van der Waals surface area contributed by atoms with Crippen LogP contribution in [0, 0.1) is 0 Å². The van der Waals surface area contributed by atoms with E-state index in [0.29, 0.717) is 5.56 Å². The molecule has 0 spiro atoms. The average Bonchev–Trinajstić information content (AvgIpc) is 2.65. The van der Waals surface area contributed by atoms with Gasteiger partial charge in [-0.15, -0.1) is 0 Å². The largest absolute Gasteiger partial charge is 0.351 e. The normalized spacial score (nSPS) is 10.0. The Morgan fingerprint density at radius 1 is 1.29 bits per heavy atom. The van der Waals surface area contributed by atoms with Crippen LogP contribution in [-0.2, 0) is 0 Å². The SMILES string of the molecule is Nc1nc(C(=O)c2ccccc2)no1. The summed E-state index contributed by atoms with van der Waals surface area (Å²) in [6.07, 6.45) is 0. The number of nitrogens with two attached hydrogens (primary N) is 1. The number of nitrogens with zero attached hydrogens (tertiary/aromatic N) is 2. The molecule has 0 atom stereocenters. The Hall–Kier alpha value is -2.17. The van der Waals surface area contributed by atoms with Gasteiger partial charge in [0.1, 0.15) is 0 Å². The highest BCUT2D eigenvalue weighted by molar-refractivity contribution is 6.06. The summed E-state index contributed by atoms with van der Waals surface area (Å²) in [6.45, 7) is 0. The predicted molar refractivity (Wildman–Crippen MR) is 48.6 cm³/mol. The van der Waals surface area contributed by atoms with Crippen molar-refractivity contribution in [1.82, 2.24) is 10.1 Å². The van der Waals surface area contributed by atoms with Crippen LogP contribution in [0.5, 0.6) is 0 Å². The van der Waals surface area contributed by atoms with E-state index in [9.17, 15) is 4.79 Å². The summed E-state index contributed by atoms with van der Waals surface area (Å²) in [6, 6.07) is 8.59. The van der Waals surface area contributed by atoms with E-state index in [2.05, 4.69) is 14.7 Å². The van der Waals surface area contributed by atoms with E-state index in [-0.39, 0.29) is 17.6 Å². The molecule has 2 rings (SSSR count).